The molecule has 4 aliphatic rings. The molecule has 4 fully saturated rings. The Kier molecular flexibility index (Phi) is 11.4. The highest BCUT2D eigenvalue weighted by atomic mass is 32.2. The van der Waals surface area contributed by atoms with Crippen LogP contribution in [0.25, 0.3) is 0 Å². The topological polar surface area (TPSA) is 55.7 Å². The molecule has 0 heterocycles. The van der Waals surface area contributed by atoms with Crippen molar-refractivity contribution >= 4 is 17.9 Å². The number of unbranched alkanes of at least 4 members (excludes halogenated alkanes) is 8. The molecule has 0 aromatic carbocycles. The summed E-state index contributed by atoms with van der Waals surface area (Å²) >= 11 is 1.14. The molecule has 0 amide bonds. The molecule has 4 aliphatic carbocycles. The summed E-state index contributed by atoms with van der Waals surface area (Å²) in [5, 5.41) is 0. The third-order valence-electron chi connectivity index (χ3n) is 8.34. The van der Waals surface area contributed by atoms with Gasteiger partial charge in [0.2, 0.25) is 0 Å². The van der Waals surface area contributed by atoms with Gasteiger partial charge in [-0.1, -0.05) is 70.1 Å². The Balaban J connectivity index is 1.49. The molecule has 0 spiro atoms. The van der Waals surface area contributed by atoms with Crippen molar-refractivity contribution in [2.75, 3.05) is 0 Å². The Morgan fingerprint density at radius 3 is 2.18 bits per heavy atom. The summed E-state index contributed by atoms with van der Waals surface area (Å²) < 4.78 is 8.74. The van der Waals surface area contributed by atoms with Gasteiger partial charge in [0, 0.05) is 16.5 Å². The second-order valence-corrected chi connectivity index (χ2v) is 11.9. The molecule has 0 aromatic heterocycles. The third-order valence-corrected chi connectivity index (χ3v) is 9.56. The SMILES string of the molecule is CC=CC=C(C=CCCCCCCCCCC)OC(=O)CC1(SN=O)C2CC3CC(C2)CC1C3. The lowest BCUT2D eigenvalue weighted by Gasteiger charge is -2.59. The van der Waals surface area contributed by atoms with Crippen molar-refractivity contribution in [3.05, 3.63) is 41.0 Å². The summed E-state index contributed by atoms with van der Waals surface area (Å²) in [5.74, 6) is 2.76. The largest absolute Gasteiger partial charge is 0.427 e. The molecular weight excluding hydrogens is 442 g/mol. The van der Waals surface area contributed by atoms with Crippen LogP contribution in [0.5, 0.6) is 0 Å². The van der Waals surface area contributed by atoms with Gasteiger partial charge in [-0.15, -0.1) is 4.91 Å². The standard InChI is InChI=1S/C29H45NO3S/c1-3-5-7-8-9-10-11-12-13-14-16-27(15-6-4-2)33-28(31)22-29(34-30-32)25-18-23-17-24(20-25)21-26(29)19-23/h4,6,14-16,23-26H,3,5,7-13,17-22H2,1-2H3. The number of nitroso groups, excluding NO2 is 1. The maximum Gasteiger partial charge on any atom is 0.312 e. The summed E-state index contributed by atoms with van der Waals surface area (Å²) in [6, 6.07) is 0. The molecular formula is C29H45NO3S. The summed E-state index contributed by atoms with van der Waals surface area (Å²) in [6.07, 6.45) is 27.4. The van der Waals surface area contributed by atoms with Crippen LogP contribution < -0.4 is 0 Å². The van der Waals surface area contributed by atoms with Gasteiger partial charge in [0.25, 0.3) is 0 Å². The molecule has 0 N–H and O–H groups in total. The number of allylic oxidation sites excluding steroid dienone is 5. The summed E-state index contributed by atoms with van der Waals surface area (Å²) in [7, 11) is 0. The summed E-state index contributed by atoms with van der Waals surface area (Å²) in [4.78, 5) is 24.5. The minimum Gasteiger partial charge on any atom is -0.427 e. The second kappa shape index (κ2) is 14.3. The van der Waals surface area contributed by atoms with Crippen molar-refractivity contribution in [3.8, 4) is 0 Å². The number of rotatable bonds is 16. The van der Waals surface area contributed by atoms with Crippen molar-refractivity contribution < 1.29 is 9.53 Å². The molecule has 0 saturated heterocycles. The molecule has 0 radical (unpaired) electrons. The number of nitrogens with zero attached hydrogens (tertiary/aromatic N) is 1. The maximum absolute atomic E-state index is 13.1. The smallest absolute Gasteiger partial charge is 0.312 e. The second-order valence-electron chi connectivity index (χ2n) is 10.8. The molecule has 4 bridgehead atoms. The van der Waals surface area contributed by atoms with Crippen molar-refractivity contribution in [2.24, 2.45) is 28.3 Å². The maximum atomic E-state index is 13.1. The van der Waals surface area contributed by atoms with Crippen molar-refractivity contribution in [1.29, 1.82) is 0 Å². The number of hydrogen-bond acceptors (Lipinski definition) is 5. The lowest BCUT2D eigenvalue weighted by molar-refractivity contribution is -0.142. The van der Waals surface area contributed by atoms with Gasteiger partial charge in [0.1, 0.15) is 5.76 Å². The van der Waals surface area contributed by atoms with E-state index in [0.29, 0.717) is 17.6 Å². The zero-order chi connectivity index (χ0) is 24.2. The monoisotopic (exact) mass is 487 g/mol. The third kappa shape index (κ3) is 7.57. The zero-order valence-electron chi connectivity index (χ0n) is 21.4. The van der Waals surface area contributed by atoms with Gasteiger partial charge in [0.05, 0.1) is 11.2 Å². The summed E-state index contributed by atoms with van der Waals surface area (Å²) in [5.41, 5.74) is 0. The van der Waals surface area contributed by atoms with Crippen LogP contribution >= 0.6 is 11.9 Å². The molecule has 0 aliphatic heterocycles. The van der Waals surface area contributed by atoms with E-state index in [0.717, 1.165) is 55.9 Å². The molecule has 5 heteroatoms. The molecule has 0 aromatic rings. The molecule has 34 heavy (non-hydrogen) atoms. The molecule has 4 rings (SSSR count). The molecule has 4 nitrogen and oxygen atoms in total. The fourth-order valence-electron chi connectivity index (χ4n) is 6.82. The Bertz CT molecular complexity index is 714. The fourth-order valence-corrected chi connectivity index (χ4v) is 7.83. The first kappa shape index (κ1) is 27.2. The highest BCUT2D eigenvalue weighted by Crippen LogP contribution is 2.64. The van der Waals surface area contributed by atoms with Crippen LogP contribution in [0, 0.1) is 28.6 Å². The molecule has 0 unspecified atom stereocenters. The average molecular weight is 488 g/mol. The van der Waals surface area contributed by atoms with Gasteiger partial charge in [-0.25, -0.2) is 0 Å². The van der Waals surface area contributed by atoms with E-state index in [1.54, 1.807) is 0 Å². The first-order valence-electron chi connectivity index (χ1n) is 13.8. The first-order valence-corrected chi connectivity index (χ1v) is 14.6. The van der Waals surface area contributed by atoms with Crippen molar-refractivity contribution in [2.45, 2.75) is 115 Å². The van der Waals surface area contributed by atoms with Crippen LogP contribution in [0.2, 0.25) is 0 Å². The Morgan fingerprint density at radius 2 is 1.59 bits per heavy atom. The average Bonchev–Trinajstić information content (AvgIpc) is 2.81. The van der Waals surface area contributed by atoms with E-state index in [2.05, 4.69) is 17.6 Å². The predicted octanol–water partition coefficient (Wildman–Crippen LogP) is 9.08. The normalized spacial score (nSPS) is 30.5. The van der Waals surface area contributed by atoms with E-state index in [4.69, 9.17) is 4.74 Å². The van der Waals surface area contributed by atoms with E-state index >= 15 is 0 Å². The van der Waals surface area contributed by atoms with E-state index < -0.39 is 0 Å². The van der Waals surface area contributed by atoms with Gasteiger partial charge in [-0.05, 0) is 87.7 Å². The number of carbonyl (C=O) groups excluding carboxylic acids is 1. The lowest BCUT2D eigenvalue weighted by atomic mass is 9.51. The highest BCUT2D eigenvalue weighted by Gasteiger charge is 2.59. The van der Waals surface area contributed by atoms with Gasteiger partial charge >= 0.3 is 5.97 Å². The Morgan fingerprint density at radius 1 is 0.971 bits per heavy atom. The quantitative estimate of drug-likeness (QED) is 0.0544. The number of ether oxygens (including phenoxy) is 1. The Labute approximate surface area is 211 Å². The van der Waals surface area contributed by atoms with Crippen molar-refractivity contribution in [3.63, 3.8) is 0 Å². The fraction of sp³-hybridized carbons (Fsp3) is 0.759. The Hall–Kier alpha value is -1.36. The van der Waals surface area contributed by atoms with E-state index in [9.17, 15) is 9.70 Å². The van der Waals surface area contributed by atoms with Crippen molar-refractivity contribution in [1.82, 2.24) is 0 Å². The number of esters is 1. The van der Waals surface area contributed by atoms with E-state index in [-0.39, 0.29) is 17.1 Å². The minimum atomic E-state index is -0.362. The minimum absolute atomic E-state index is 0.226. The number of carbonyl (C=O) groups is 1. The van der Waals surface area contributed by atoms with Crippen LogP contribution in [0.15, 0.2) is 40.7 Å². The molecule has 0 atom stereocenters. The van der Waals surface area contributed by atoms with Crippen LogP contribution in [-0.4, -0.2) is 10.7 Å². The van der Waals surface area contributed by atoms with E-state index in [1.165, 1.54) is 57.8 Å². The first-order chi connectivity index (χ1) is 16.6. The van der Waals surface area contributed by atoms with E-state index in [1.807, 2.05) is 31.2 Å². The van der Waals surface area contributed by atoms with Gasteiger partial charge < -0.3 is 4.74 Å². The highest BCUT2D eigenvalue weighted by molar-refractivity contribution is 7.99. The molecule has 190 valence electrons. The lowest BCUT2D eigenvalue weighted by Crippen LogP contribution is -2.56. The predicted molar refractivity (Wildman–Crippen MR) is 143 cm³/mol. The zero-order valence-corrected chi connectivity index (χ0v) is 22.2. The summed E-state index contributed by atoms with van der Waals surface area (Å²) in [6.45, 7) is 4.21. The van der Waals surface area contributed by atoms with Gasteiger partial charge in [-0.2, -0.15) is 0 Å². The number of hydrogen-bond donors (Lipinski definition) is 0. The van der Waals surface area contributed by atoms with Crippen LogP contribution in [0.1, 0.15) is 110 Å². The van der Waals surface area contributed by atoms with Crippen LogP contribution in [0.3, 0.4) is 0 Å². The van der Waals surface area contributed by atoms with Crippen LogP contribution in [0.4, 0.5) is 0 Å². The van der Waals surface area contributed by atoms with Gasteiger partial charge in [0.15, 0.2) is 0 Å². The molecule has 4 saturated carbocycles. The van der Waals surface area contributed by atoms with Gasteiger partial charge in [-0.3, -0.25) is 4.79 Å². The van der Waals surface area contributed by atoms with Crippen LogP contribution in [-0.2, 0) is 9.53 Å².